The van der Waals surface area contributed by atoms with Gasteiger partial charge < -0.3 is 11.1 Å². The number of likely N-dealkylation sites (tertiary alicyclic amines) is 1. The summed E-state index contributed by atoms with van der Waals surface area (Å²) >= 11 is 0. The summed E-state index contributed by atoms with van der Waals surface area (Å²) in [7, 11) is 0. The lowest BCUT2D eigenvalue weighted by Gasteiger charge is -2.39. The number of amides is 1. The van der Waals surface area contributed by atoms with Crippen molar-refractivity contribution in [2.24, 2.45) is 11.7 Å². The van der Waals surface area contributed by atoms with E-state index in [1.165, 1.54) is 12.1 Å². The second kappa shape index (κ2) is 8.41. The van der Waals surface area contributed by atoms with Crippen LogP contribution >= 0.6 is 0 Å². The molecule has 4 nitrogen and oxygen atoms in total. The maximum absolute atomic E-state index is 12.9. The quantitative estimate of drug-likeness (QED) is 0.815. The standard InChI is InChI=1S/C21H30F3N3O/c1-20(25)10-3-2-7-18(20)19(28)26-17-8-11-27(12-9-17)14-15-5-4-6-16(13-15)21(22,23)24/h4-6,13,17-18H,2-3,7-12,14,25H2,1H3,(H,26,28). The summed E-state index contributed by atoms with van der Waals surface area (Å²) in [6, 6.07) is 5.62. The summed E-state index contributed by atoms with van der Waals surface area (Å²) in [5.74, 6) is -0.0783. The molecule has 2 fully saturated rings. The van der Waals surface area contributed by atoms with Crippen LogP contribution in [0.3, 0.4) is 0 Å². The molecule has 1 amide bonds. The van der Waals surface area contributed by atoms with Crippen molar-refractivity contribution in [3.05, 3.63) is 35.4 Å². The Bertz CT molecular complexity index is 682. The number of hydrogen-bond acceptors (Lipinski definition) is 3. The van der Waals surface area contributed by atoms with Crippen LogP contribution in [0.25, 0.3) is 0 Å². The highest BCUT2D eigenvalue weighted by atomic mass is 19.4. The first-order chi connectivity index (χ1) is 13.1. The van der Waals surface area contributed by atoms with Gasteiger partial charge in [-0.3, -0.25) is 9.69 Å². The third-order valence-corrected chi connectivity index (χ3v) is 6.17. The van der Waals surface area contributed by atoms with Crippen molar-refractivity contribution in [1.29, 1.82) is 0 Å². The van der Waals surface area contributed by atoms with Gasteiger partial charge in [0.05, 0.1) is 11.5 Å². The lowest BCUT2D eigenvalue weighted by atomic mass is 9.74. The molecule has 2 atom stereocenters. The third kappa shape index (κ3) is 5.26. The summed E-state index contributed by atoms with van der Waals surface area (Å²) in [6.45, 7) is 3.97. The number of benzene rings is 1. The largest absolute Gasteiger partial charge is 0.416 e. The molecule has 1 aliphatic heterocycles. The van der Waals surface area contributed by atoms with Crippen molar-refractivity contribution in [2.45, 2.75) is 69.8 Å². The highest BCUT2D eigenvalue weighted by Gasteiger charge is 2.38. The molecule has 1 heterocycles. The average molecular weight is 397 g/mol. The van der Waals surface area contributed by atoms with E-state index in [-0.39, 0.29) is 17.9 Å². The zero-order valence-electron chi connectivity index (χ0n) is 16.4. The molecule has 0 aromatic heterocycles. The van der Waals surface area contributed by atoms with Gasteiger partial charge in [-0.2, -0.15) is 13.2 Å². The molecule has 7 heteroatoms. The van der Waals surface area contributed by atoms with E-state index in [9.17, 15) is 18.0 Å². The smallest absolute Gasteiger partial charge is 0.353 e. The first-order valence-electron chi connectivity index (χ1n) is 10.1. The highest BCUT2D eigenvalue weighted by Crippen LogP contribution is 2.32. The van der Waals surface area contributed by atoms with Gasteiger partial charge in [-0.1, -0.05) is 31.0 Å². The Morgan fingerprint density at radius 3 is 2.61 bits per heavy atom. The van der Waals surface area contributed by atoms with Crippen LogP contribution in [0.5, 0.6) is 0 Å². The second-order valence-corrected chi connectivity index (χ2v) is 8.56. The van der Waals surface area contributed by atoms with E-state index < -0.39 is 17.3 Å². The van der Waals surface area contributed by atoms with Crippen LogP contribution in [-0.4, -0.2) is 35.5 Å². The number of nitrogens with one attached hydrogen (secondary N) is 1. The number of piperidine rings is 1. The molecule has 2 unspecified atom stereocenters. The normalized spacial score (nSPS) is 27.5. The minimum atomic E-state index is -4.32. The number of rotatable bonds is 4. The van der Waals surface area contributed by atoms with Crippen molar-refractivity contribution < 1.29 is 18.0 Å². The summed E-state index contributed by atoms with van der Waals surface area (Å²) in [6.07, 6.45) is 1.13. The van der Waals surface area contributed by atoms with E-state index in [0.29, 0.717) is 12.1 Å². The molecule has 0 bridgehead atoms. The van der Waals surface area contributed by atoms with Gasteiger partial charge in [-0.05, 0) is 44.2 Å². The van der Waals surface area contributed by atoms with Crippen molar-refractivity contribution in [3.63, 3.8) is 0 Å². The van der Waals surface area contributed by atoms with E-state index in [4.69, 9.17) is 5.73 Å². The summed E-state index contributed by atoms with van der Waals surface area (Å²) in [4.78, 5) is 14.8. The zero-order chi connectivity index (χ0) is 20.4. The number of nitrogens with two attached hydrogens (primary N) is 1. The maximum atomic E-state index is 12.9. The van der Waals surface area contributed by atoms with E-state index >= 15 is 0 Å². The fourth-order valence-electron chi connectivity index (χ4n) is 4.43. The predicted molar refractivity (Wildman–Crippen MR) is 102 cm³/mol. The van der Waals surface area contributed by atoms with Gasteiger partial charge in [0.25, 0.3) is 0 Å². The molecule has 156 valence electrons. The first-order valence-corrected chi connectivity index (χ1v) is 10.1. The van der Waals surface area contributed by atoms with Gasteiger partial charge in [-0.15, -0.1) is 0 Å². The molecule has 28 heavy (non-hydrogen) atoms. The van der Waals surface area contributed by atoms with Crippen LogP contribution in [0.4, 0.5) is 13.2 Å². The molecule has 3 rings (SSSR count). The lowest BCUT2D eigenvalue weighted by molar-refractivity contribution is -0.137. The number of carbonyl (C=O) groups excluding carboxylic acids is 1. The summed E-state index contributed by atoms with van der Waals surface area (Å²) < 4.78 is 38.6. The lowest BCUT2D eigenvalue weighted by Crippen LogP contribution is -2.55. The van der Waals surface area contributed by atoms with Gasteiger partial charge >= 0.3 is 6.18 Å². The number of hydrogen-bond donors (Lipinski definition) is 2. The first kappa shape index (κ1) is 21.1. The number of alkyl halides is 3. The number of nitrogens with zero attached hydrogens (tertiary/aromatic N) is 1. The fourth-order valence-corrected chi connectivity index (χ4v) is 4.43. The minimum Gasteiger partial charge on any atom is -0.353 e. The van der Waals surface area contributed by atoms with E-state index in [0.717, 1.165) is 57.7 Å². The summed E-state index contributed by atoms with van der Waals surface area (Å²) in [5.41, 5.74) is 5.95. The number of halogens is 3. The van der Waals surface area contributed by atoms with Gasteiger partial charge in [0.15, 0.2) is 0 Å². The van der Waals surface area contributed by atoms with Gasteiger partial charge in [-0.25, -0.2) is 0 Å². The maximum Gasteiger partial charge on any atom is 0.416 e. The average Bonchev–Trinajstić information content (AvgIpc) is 2.62. The molecule has 0 spiro atoms. The SMILES string of the molecule is CC1(N)CCCCC1C(=O)NC1CCN(Cc2cccc(C(F)(F)F)c2)CC1. The summed E-state index contributed by atoms with van der Waals surface area (Å²) in [5, 5.41) is 3.16. The van der Waals surface area contributed by atoms with Crippen LogP contribution < -0.4 is 11.1 Å². The van der Waals surface area contributed by atoms with E-state index in [2.05, 4.69) is 10.2 Å². The van der Waals surface area contributed by atoms with Gasteiger partial charge in [0.2, 0.25) is 5.91 Å². The van der Waals surface area contributed by atoms with Crippen molar-refractivity contribution in [2.75, 3.05) is 13.1 Å². The Labute approximate surface area is 164 Å². The number of carbonyl (C=O) groups is 1. The van der Waals surface area contributed by atoms with Crippen molar-refractivity contribution >= 4 is 5.91 Å². The molecule has 1 saturated carbocycles. The van der Waals surface area contributed by atoms with Gasteiger partial charge in [0, 0.05) is 31.2 Å². The minimum absolute atomic E-state index is 0.0565. The molecular formula is C21H30F3N3O. The van der Waals surface area contributed by atoms with Crippen molar-refractivity contribution in [1.82, 2.24) is 10.2 Å². The second-order valence-electron chi connectivity index (χ2n) is 8.56. The van der Waals surface area contributed by atoms with E-state index in [1.807, 2.05) is 6.92 Å². The van der Waals surface area contributed by atoms with Crippen LogP contribution in [0.2, 0.25) is 0 Å². The van der Waals surface area contributed by atoms with Crippen molar-refractivity contribution in [3.8, 4) is 0 Å². The Hall–Kier alpha value is -1.60. The molecule has 1 saturated heterocycles. The fraction of sp³-hybridized carbons (Fsp3) is 0.667. The third-order valence-electron chi connectivity index (χ3n) is 6.17. The molecular weight excluding hydrogens is 367 g/mol. The van der Waals surface area contributed by atoms with E-state index in [1.54, 1.807) is 6.07 Å². The zero-order valence-corrected chi connectivity index (χ0v) is 16.4. The molecule has 0 radical (unpaired) electrons. The monoisotopic (exact) mass is 397 g/mol. The van der Waals surface area contributed by atoms with Crippen LogP contribution in [0.1, 0.15) is 56.6 Å². The Morgan fingerprint density at radius 2 is 1.96 bits per heavy atom. The van der Waals surface area contributed by atoms with Crippen LogP contribution in [-0.2, 0) is 17.5 Å². The molecule has 3 N–H and O–H groups in total. The topological polar surface area (TPSA) is 58.4 Å². The van der Waals surface area contributed by atoms with Crippen LogP contribution in [0, 0.1) is 5.92 Å². The van der Waals surface area contributed by atoms with Gasteiger partial charge in [0.1, 0.15) is 0 Å². The van der Waals surface area contributed by atoms with Crippen LogP contribution in [0.15, 0.2) is 24.3 Å². The molecule has 2 aliphatic rings. The Morgan fingerprint density at radius 1 is 1.25 bits per heavy atom. The molecule has 1 aliphatic carbocycles. The predicted octanol–water partition coefficient (Wildman–Crippen LogP) is 3.69. The Kier molecular flexibility index (Phi) is 6.34. The molecule has 1 aromatic rings. The Balaban J connectivity index is 1.49. The molecule has 1 aromatic carbocycles. The highest BCUT2D eigenvalue weighted by molar-refractivity contribution is 5.80.